The minimum atomic E-state index is -0.0229. The second-order valence-electron chi connectivity index (χ2n) is 7.12. The van der Waals surface area contributed by atoms with Gasteiger partial charge in [-0.15, -0.1) is 0 Å². The van der Waals surface area contributed by atoms with E-state index in [1.54, 1.807) is 14.2 Å². The van der Waals surface area contributed by atoms with E-state index in [9.17, 15) is 0 Å². The topological polar surface area (TPSA) is 33.8 Å². The molecule has 0 aromatic heterocycles. The average Bonchev–Trinajstić information content (AvgIpc) is 3.38. The lowest BCUT2D eigenvalue weighted by molar-refractivity contribution is 0.351. The molecule has 4 unspecified atom stereocenters. The van der Waals surface area contributed by atoms with Gasteiger partial charge >= 0.3 is 0 Å². The fourth-order valence-electron chi connectivity index (χ4n) is 4.24. The van der Waals surface area contributed by atoms with Crippen LogP contribution in [0.3, 0.4) is 0 Å². The van der Waals surface area contributed by atoms with Crippen molar-refractivity contribution in [3.8, 4) is 11.5 Å². The monoisotopic (exact) mass is 370 g/mol. The summed E-state index contributed by atoms with van der Waals surface area (Å²) in [5.74, 6) is 1.47. The number of nitrogens with zero attached hydrogens (tertiary/aromatic N) is 2. The number of benzene rings is 3. The van der Waals surface area contributed by atoms with E-state index in [0.29, 0.717) is 12.1 Å². The van der Waals surface area contributed by atoms with Crippen molar-refractivity contribution in [2.75, 3.05) is 14.2 Å². The lowest BCUT2D eigenvalue weighted by Gasteiger charge is -2.16. The van der Waals surface area contributed by atoms with Gasteiger partial charge in [0.15, 0.2) is 11.5 Å². The largest absolute Gasteiger partial charge is 0.493 e. The van der Waals surface area contributed by atoms with E-state index >= 15 is 0 Å². The Balaban J connectivity index is 1.57. The van der Waals surface area contributed by atoms with Crippen LogP contribution in [0.1, 0.15) is 28.9 Å². The zero-order valence-corrected chi connectivity index (χ0v) is 15.9. The number of methoxy groups -OCH3 is 2. The van der Waals surface area contributed by atoms with Crippen LogP contribution in [0.25, 0.3) is 0 Å². The minimum absolute atomic E-state index is 0.0229. The summed E-state index contributed by atoms with van der Waals surface area (Å²) in [5.41, 5.74) is 4.81. The highest BCUT2D eigenvalue weighted by atomic mass is 16.5. The maximum atomic E-state index is 5.52. The van der Waals surface area contributed by atoms with Crippen LogP contribution in [-0.4, -0.2) is 30.9 Å². The van der Waals surface area contributed by atoms with Crippen molar-refractivity contribution in [3.05, 3.63) is 95.6 Å². The second kappa shape index (κ2) is 6.80. The van der Waals surface area contributed by atoms with Gasteiger partial charge < -0.3 is 9.47 Å². The van der Waals surface area contributed by atoms with Crippen molar-refractivity contribution in [2.45, 2.75) is 18.2 Å². The highest BCUT2D eigenvalue weighted by molar-refractivity contribution is 6.08. The number of hydrogen-bond donors (Lipinski definition) is 0. The van der Waals surface area contributed by atoms with Crippen LogP contribution in [0.4, 0.5) is 0 Å². The Morgan fingerprint density at radius 2 is 1.39 bits per heavy atom. The smallest absolute Gasteiger partial charge is 0.161 e. The average molecular weight is 370 g/mol. The zero-order valence-electron chi connectivity index (χ0n) is 15.9. The summed E-state index contributed by atoms with van der Waals surface area (Å²) in [6.07, 6.45) is -0.0229. The third-order valence-corrected chi connectivity index (χ3v) is 5.59. The van der Waals surface area contributed by atoms with Gasteiger partial charge in [-0.25, -0.2) is 0 Å². The molecule has 3 aromatic rings. The molecule has 4 heteroatoms. The van der Waals surface area contributed by atoms with Crippen molar-refractivity contribution in [3.63, 3.8) is 0 Å². The fourth-order valence-corrected chi connectivity index (χ4v) is 4.24. The normalized spacial score (nSPS) is 25.0. The molecule has 0 amide bonds. The molecular weight excluding hydrogens is 348 g/mol. The van der Waals surface area contributed by atoms with Crippen molar-refractivity contribution in [1.82, 2.24) is 4.90 Å². The molecule has 140 valence electrons. The lowest BCUT2D eigenvalue weighted by atomic mass is 10.0. The van der Waals surface area contributed by atoms with E-state index in [0.717, 1.165) is 22.8 Å². The van der Waals surface area contributed by atoms with Gasteiger partial charge in [0.1, 0.15) is 6.17 Å². The number of aliphatic imine (C=N–C) groups is 1. The standard InChI is InChI=1S/C24H22N2O2/c1-27-19-14-13-18(15-20(19)28-2)24-25-21(16-9-5-3-6-10-16)23-22(26(23)24)17-11-7-4-8-12-17/h3-15,22-24H,1-2H3. The first kappa shape index (κ1) is 17.0. The van der Waals surface area contributed by atoms with Crippen molar-refractivity contribution < 1.29 is 9.47 Å². The summed E-state index contributed by atoms with van der Waals surface area (Å²) >= 11 is 0. The maximum absolute atomic E-state index is 5.52. The summed E-state index contributed by atoms with van der Waals surface area (Å²) < 4.78 is 10.9. The number of hydrogen-bond acceptors (Lipinski definition) is 4. The summed E-state index contributed by atoms with van der Waals surface area (Å²) in [5, 5.41) is 0. The molecule has 2 heterocycles. The second-order valence-corrected chi connectivity index (χ2v) is 7.12. The van der Waals surface area contributed by atoms with E-state index in [1.807, 2.05) is 18.2 Å². The van der Waals surface area contributed by atoms with Gasteiger partial charge in [0.2, 0.25) is 0 Å². The molecule has 4 atom stereocenters. The molecule has 4 nitrogen and oxygen atoms in total. The predicted molar refractivity (Wildman–Crippen MR) is 110 cm³/mol. The van der Waals surface area contributed by atoms with Crippen LogP contribution in [0.15, 0.2) is 83.9 Å². The Morgan fingerprint density at radius 1 is 0.714 bits per heavy atom. The van der Waals surface area contributed by atoms with E-state index < -0.39 is 0 Å². The van der Waals surface area contributed by atoms with Gasteiger partial charge in [-0.1, -0.05) is 66.7 Å². The van der Waals surface area contributed by atoms with Gasteiger partial charge in [0, 0.05) is 0 Å². The summed E-state index contributed by atoms with van der Waals surface area (Å²) in [4.78, 5) is 7.58. The molecule has 0 bridgehead atoms. The van der Waals surface area contributed by atoms with Crippen molar-refractivity contribution >= 4 is 5.71 Å². The van der Waals surface area contributed by atoms with E-state index in [1.165, 1.54) is 11.1 Å². The molecule has 3 aromatic carbocycles. The zero-order chi connectivity index (χ0) is 19.1. The SMILES string of the molecule is COc1ccc(C2N=C(c3ccccc3)C3C(c4ccccc4)N23)cc1OC. The van der Waals surface area contributed by atoms with Gasteiger partial charge in [-0.2, -0.15) is 0 Å². The molecular formula is C24H22N2O2. The van der Waals surface area contributed by atoms with E-state index in [4.69, 9.17) is 14.5 Å². The molecule has 1 saturated heterocycles. The molecule has 0 N–H and O–H groups in total. The minimum Gasteiger partial charge on any atom is -0.493 e. The van der Waals surface area contributed by atoms with Gasteiger partial charge in [0.25, 0.3) is 0 Å². The molecule has 0 radical (unpaired) electrons. The molecule has 2 aliphatic rings. The van der Waals surface area contributed by atoms with Crippen molar-refractivity contribution in [2.24, 2.45) is 4.99 Å². The molecule has 2 aliphatic heterocycles. The quantitative estimate of drug-likeness (QED) is 0.614. The number of fused-ring (bicyclic) bond motifs is 1. The fraction of sp³-hybridized carbons (Fsp3) is 0.208. The van der Waals surface area contributed by atoms with Crippen LogP contribution < -0.4 is 9.47 Å². The lowest BCUT2D eigenvalue weighted by Crippen LogP contribution is -2.08. The molecule has 0 spiro atoms. The van der Waals surface area contributed by atoms with Crippen LogP contribution in [0.5, 0.6) is 11.5 Å². The first-order valence-corrected chi connectivity index (χ1v) is 9.49. The number of ether oxygens (including phenoxy) is 2. The number of rotatable bonds is 5. The first-order valence-electron chi connectivity index (χ1n) is 9.49. The first-order chi connectivity index (χ1) is 13.8. The van der Waals surface area contributed by atoms with Gasteiger partial charge in [-0.3, -0.25) is 9.89 Å². The van der Waals surface area contributed by atoms with Crippen LogP contribution in [0, 0.1) is 0 Å². The van der Waals surface area contributed by atoms with Crippen molar-refractivity contribution in [1.29, 1.82) is 0 Å². The van der Waals surface area contributed by atoms with Crippen LogP contribution in [0.2, 0.25) is 0 Å². The molecule has 28 heavy (non-hydrogen) atoms. The third-order valence-electron chi connectivity index (χ3n) is 5.59. The Labute approximate surface area is 165 Å². The molecule has 1 fully saturated rings. The van der Waals surface area contributed by atoms with E-state index in [2.05, 4.69) is 65.6 Å². The summed E-state index contributed by atoms with van der Waals surface area (Å²) in [6.45, 7) is 0. The van der Waals surface area contributed by atoms with Gasteiger partial charge in [0.05, 0.1) is 32.0 Å². The maximum Gasteiger partial charge on any atom is 0.161 e. The molecule has 0 saturated carbocycles. The molecule has 5 rings (SSSR count). The van der Waals surface area contributed by atoms with Crippen LogP contribution >= 0.6 is 0 Å². The van der Waals surface area contributed by atoms with Crippen LogP contribution in [-0.2, 0) is 0 Å². The van der Waals surface area contributed by atoms with E-state index in [-0.39, 0.29) is 6.17 Å². The van der Waals surface area contributed by atoms with Gasteiger partial charge in [-0.05, 0) is 28.8 Å². The summed E-state index contributed by atoms with van der Waals surface area (Å²) in [7, 11) is 3.33. The Bertz CT molecular complexity index is 1020. The molecule has 0 aliphatic carbocycles. The highest BCUT2D eigenvalue weighted by Crippen LogP contribution is 2.56. The summed E-state index contributed by atoms with van der Waals surface area (Å²) in [6, 6.07) is 27.9. The highest BCUT2D eigenvalue weighted by Gasteiger charge is 2.59. The third kappa shape index (κ3) is 2.69. The Kier molecular flexibility index (Phi) is 4.14. The Morgan fingerprint density at radius 3 is 2.07 bits per heavy atom. The predicted octanol–water partition coefficient (Wildman–Crippen LogP) is 4.63. The Hall–Kier alpha value is -3.11.